The summed E-state index contributed by atoms with van der Waals surface area (Å²) in [7, 11) is 2.01. The Morgan fingerprint density at radius 3 is 2.81 bits per heavy atom. The van der Waals surface area contributed by atoms with E-state index in [2.05, 4.69) is 53.1 Å². The van der Waals surface area contributed by atoms with Crippen molar-refractivity contribution >= 4 is 10.9 Å². The number of benzene rings is 1. The number of rotatable bonds is 5. The van der Waals surface area contributed by atoms with Gasteiger partial charge in [-0.1, -0.05) is 19.1 Å². The molecule has 0 saturated heterocycles. The number of nitrogens with zero attached hydrogens (tertiary/aromatic N) is 3. The minimum absolute atomic E-state index is 0.686. The Hall–Kier alpha value is -2.07. The Morgan fingerprint density at radius 2 is 2.10 bits per heavy atom. The topological polar surface area (TPSA) is 48.8 Å². The van der Waals surface area contributed by atoms with E-state index < -0.39 is 0 Å². The summed E-state index contributed by atoms with van der Waals surface area (Å²) < 4.78 is 4.26. The number of hydrogen-bond acceptors (Lipinski definition) is 2. The number of nitrogens with two attached hydrogens (primary N) is 1. The summed E-state index contributed by atoms with van der Waals surface area (Å²) in [6, 6.07) is 10.8. The highest BCUT2D eigenvalue weighted by Gasteiger charge is 2.08. The molecule has 4 heteroatoms. The van der Waals surface area contributed by atoms with Crippen LogP contribution in [0.15, 0.2) is 36.5 Å². The van der Waals surface area contributed by atoms with Crippen molar-refractivity contribution in [3.63, 3.8) is 0 Å². The molecule has 0 radical (unpaired) electrons. The average Bonchev–Trinajstić information content (AvgIpc) is 3.05. The predicted octanol–water partition coefficient (Wildman–Crippen LogP) is 2.49. The first-order chi connectivity index (χ1) is 10.2. The second-order valence-corrected chi connectivity index (χ2v) is 5.44. The minimum Gasteiger partial charge on any atom is -0.341 e. The van der Waals surface area contributed by atoms with Gasteiger partial charge in [-0.25, -0.2) is 0 Å². The molecule has 0 amide bonds. The van der Waals surface area contributed by atoms with E-state index in [1.165, 1.54) is 22.2 Å². The van der Waals surface area contributed by atoms with E-state index in [1.54, 1.807) is 0 Å². The van der Waals surface area contributed by atoms with Crippen LogP contribution < -0.4 is 5.73 Å². The smallest absolute Gasteiger partial charge is 0.0645 e. The van der Waals surface area contributed by atoms with E-state index in [0.29, 0.717) is 6.54 Å². The van der Waals surface area contributed by atoms with Gasteiger partial charge in [0.05, 0.1) is 17.9 Å². The molecule has 21 heavy (non-hydrogen) atoms. The zero-order valence-electron chi connectivity index (χ0n) is 12.7. The number of aromatic nitrogens is 3. The molecule has 2 aromatic heterocycles. The SMILES string of the molecule is CCc1cc(Cn2ccc3c(CCN)cccc32)n(C)n1. The average molecular weight is 282 g/mol. The van der Waals surface area contributed by atoms with Crippen LogP contribution in [0.1, 0.15) is 23.9 Å². The zero-order valence-corrected chi connectivity index (χ0v) is 12.7. The molecule has 0 fully saturated rings. The first kappa shape index (κ1) is 13.9. The number of fused-ring (bicyclic) bond motifs is 1. The largest absolute Gasteiger partial charge is 0.341 e. The Morgan fingerprint density at radius 1 is 1.24 bits per heavy atom. The molecule has 3 rings (SSSR count). The van der Waals surface area contributed by atoms with Gasteiger partial charge in [0.1, 0.15) is 0 Å². The lowest BCUT2D eigenvalue weighted by Gasteiger charge is -2.07. The summed E-state index contributed by atoms with van der Waals surface area (Å²) >= 11 is 0. The fourth-order valence-electron chi connectivity index (χ4n) is 2.87. The molecular formula is C17H22N4. The van der Waals surface area contributed by atoms with E-state index >= 15 is 0 Å². The number of hydrogen-bond donors (Lipinski definition) is 1. The highest BCUT2D eigenvalue weighted by Crippen LogP contribution is 2.21. The van der Waals surface area contributed by atoms with E-state index in [1.807, 2.05) is 11.7 Å². The van der Waals surface area contributed by atoms with Crippen LogP contribution in [0.3, 0.4) is 0 Å². The molecule has 0 unspecified atom stereocenters. The molecule has 3 aromatic rings. The zero-order chi connectivity index (χ0) is 14.8. The molecule has 1 aromatic carbocycles. The van der Waals surface area contributed by atoms with Crippen molar-refractivity contribution in [2.45, 2.75) is 26.3 Å². The van der Waals surface area contributed by atoms with E-state index in [0.717, 1.165) is 25.1 Å². The standard InChI is InChI=1S/C17H22N4/c1-3-14-11-15(20(2)19-14)12-21-10-8-16-13(7-9-18)5-4-6-17(16)21/h4-6,8,10-11H,3,7,9,12,18H2,1-2H3. The Balaban J connectivity index is 1.97. The highest BCUT2D eigenvalue weighted by molar-refractivity contribution is 5.83. The maximum absolute atomic E-state index is 5.70. The molecule has 0 atom stereocenters. The Kier molecular flexibility index (Phi) is 3.80. The fraction of sp³-hybridized carbons (Fsp3) is 0.353. The Bertz CT molecular complexity index is 751. The summed E-state index contributed by atoms with van der Waals surface area (Å²) in [5.41, 5.74) is 10.7. The molecule has 0 aliphatic carbocycles. The van der Waals surface area contributed by atoms with Crippen molar-refractivity contribution in [1.82, 2.24) is 14.3 Å². The van der Waals surface area contributed by atoms with Gasteiger partial charge >= 0.3 is 0 Å². The van der Waals surface area contributed by atoms with E-state index in [-0.39, 0.29) is 0 Å². The van der Waals surface area contributed by atoms with Gasteiger partial charge in [-0.05, 0) is 43.1 Å². The maximum atomic E-state index is 5.70. The van der Waals surface area contributed by atoms with Gasteiger partial charge in [0, 0.05) is 24.1 Å². The van der Waals surface area contributed by atoms with Crippen molar-refractivity contribution < 1.29 is 0 Å². The van der Waals surface area contributed by atoms with Crippen LogP contribution in [-0.2, 0) is 26.4 Å². The van der Waals surface area contributed by atoms with Gasteiger partial charge in [0.2, 0.25) is 0 Å². The lowest BCUT2D eigenvalue weighted by molar-refractivity contribution is 0.669. The highest BCUT2D eigenvalue weighted by atomic mass is 15.3. The van der Waals surface area contributed by atoms with Crippen molar-refractivity contribution in [2.24, 2.45) is 12.8 Å². The fourth-order valence-corrected chi connectivity index (χ4v) is 2.87. The van der Waals surface area contributed by atoms with E-state index in [9.17, 15) is 0 Å². The van der Waals surface area contributed by atoms with Crippen LogP contribution in [-0.4, -0.2) is 20.9 Å². The van der Waals surface area contributed by atoms with Crippen molar-refractivity contribution in [2.75, 3.05) is 6.54 Å². The number of aryl methyl sites for hydroxylation is 2. The summed E-state index contributed by atoms with van der Waals surface area (Å²) in [6.07, 6.45) is 4.05. The molecule has 0 saturated carbocycles. The van der Waals surface area contributed by atoms with Crippen LogP contribution in [0.25, 0.3) is 10.9 Å². The van der Waals surface area contributed by atoms with Gasteiger partial charge in [-0.15, -0.1) is 0 Å². The van der Waals surface area contributed by atoms with Gasteiger partial charge in [-0.2, -0.15) is 5.10 Å². The maximum Gasteiger partial charge on any atom is 0.0645 e. The third kappa shape index (κ3) is 2.59. The van der Waals surface area contributed by atoms with Crippen LogP contribution >= 0.6 is 0 Å². The molecule has 0 spiro atoms. The minimum atomic E-state index is 0.686. The molecular weight excluding hydrogens is 260 g/mol. The lowest BCUT2D eigenvalue weighted by atomic mass is 10.1. The van der Waals surface area contributed by atoms with Crippen molar-refractivity contribution in [1.29, 1.82) is 0 Å². The summed E-state index contributed by atoms with van der Waals surface area (Å²) in [6.45, 7) is 3.67. The molecule has 4 nitrogen and oxygen atoms in total. The molecule has 0 aliphatic rings. The Labute approximate surface area is 125 Å². The monoisotopic (exact) mass is 282 g/mol. The van der Waals surface area contributed by atoms with Gasteiger partial charge in [0.25, 0.3) is 0 Å². The molecule has 2 heterocycles. The van der Waals surface area contributed by atoms with Crippen LogP contribution in [0, 0.1) is 0 Å². The summed E-state index contributed by atoms with van der Waals surface area (Å²) in [5, 5.41) is 5.83. The first-order valence-electron chi connectivity index (χ1n) is 7.51. The summed E-state index contributed by atoms with van der Waals surface area (Å²) in [5.74, 6) is 0. The van der Waals surface area contributed by atoms with Crippen molar-refractivity contribution in [3.8, 4) is 0 Å². The third-order valence-corrected chi connectivity index (χ3v) is 4.04. The predicted molar refractivity (Wildman–Crippen MR) is 86.4 cm³/mol. The van der Waals surface area contributed by atoms with E-state index in [4.69, 9.17) is 5.73 Å². The van der Waals surface area contributed by atoms with Crippen LogP contribution in [0.5, 0.6) is 0 Å². The molecule has 110 valence electrons. The first-order valence-corrected chi connectivity index (χ1v) is 7.51. The van der Waals surface area contributed by atoms with Gasteiger partial charge in [0.15, 0.2) is 0 Å². The van der Waals surface area contributed by atoms with Crippen LogP contribution in [0.2, 0.25) is 0 Å². The summed E-state index contributed by atoms with van der Waals surface area (Å²) in [4.78, 5) is 0. The van der Waals surface area contributed by atoms with Crippen LogP contribution in [0.4, 0.5) is 0 Å². The van der Waals surface area contributed by atoms with Gasteiger partial charge in [-0.3, -0.25) is 4.68 Å². The van der Waals surface area contributed by atoms with Gasteiger partial charge < -0.3 is 10.3 Å². The third-order valence-electron chi connectivity index (χ3n) is 4.04. The van der Waals surface area contributed by atoms with Crippen molar-refractivity contribution in [3.05, 3.63) is 53.5 Å². The second kappa shape index (κ2) is 5.74. The molecule has 0 aliphatic heterocycles. The lowest BCUT2D eigenvalue weighted by Crippen LogP contribution is -2.05. The molecule has 0 bridgehead atoms. The second-order valence-electron chi connectivity index (χ2n) is 5.44. The molecule has 2 N–H and O–H groups in total. The normalized spacial score (nSPS) is 11.4. The quantitative estimate of drug-likeness (QED) is 0.781.